The van der Waals surface area contributed by atoms with Crippen molar-refractivity contribution in [3.8, 4) is 0 Å². The van der Waals surface area contributed by atoms with Crippen molar-refractivity contribution in [2.24, 2.45) is 5.41 Å². The Morgan fingerprint density at radius 2 is 1.92 bits per heavy atom. The number of nitrogens with one attached hydrogen (secondary N) is 1. The first-order valence-electron chi connectivity index (χ1n) is 10.4. The Balaban J connectivity index is 1.30. The van der Waals surface area contributed by atoms with Gasteiger partial charge in [0.05, 0.1) is 12.2 Å². The number of piperazine rings is 1. The van der Waals surface area contributed by atoms with Crippen LogP contribution < -0.4 is 10.2 Å². The van der Waals surface area contributed by atoms with E-state index in [0.717, 1.165) is 31.1 Å². The maximum absolute atomic E-state index is 12.9. The highest BCUT2D eigenvalue weighted by molar-refractivity contribution is 5.77. The Morgan fingerprint density at radius 1 is 1.19 bits per heavy atom. The molecule has 1 saturated carbocycles. The Labute approximate surface area is 156 Å². The minimum Gasteiger partial charge on any atom is -0.348 e. The largest absolute Gasteiger partial charge is 0.348 e. The first-order valence-corrected chi connectivity index (χ1v) is 10.4. The Morgan fingerprint density at radius 3 is 2.65 bits per heavy atom. The number of carbonyl (C=O) groups excluding carboxylic acids is 1. The third-order valence-electron chi connectivity index (χ3n) is 7.14. The highest BCUT2D eigenvalue weighted by Crippen LogP contribution is 2.41. The van der Waals surface area contributed by atoms with E-state index in [4.69, 9.17) is 4.98 Å². The standard InChI is InChI=1S/C21H30N4O/c1-21(8-2-3-9-21)10-20(26)24-13-15-4-7-19(23-18(15)14-24)25-16-5-6-17(25)12-22-11-16/h4,7,16-17,22H,2-3,5-6,8-14H2,1H3. The van der Waals surface area contributed by atoms with Crippen molar-refractivity contribution < 1.29 is 4.79 Å². The highest BCUT2D eigenvalue weighted by Gasteiger charge is 2.38. The summed E-state index contributed by atoms with van der Waals surface area (Å²) in [7, 11) is 0. The molecule has 26 heavy (non-hydrogen) atoms. The van der Waals surface area contributed by atoms with Gasteiger partial charge in [0.15, 0.2) is 0 Å². The molecular weight excluding hydrogens is 324 g/mol. The molecule has 0 spiro atoms. The summed E-state index contributed by atoms with van der Waals surface area (Å²) in [5, 5.41) is 3.54. The quantitative estimate of drug-likeness (QED) is 0.907. The summed E-state index contributed by atoms with van der Waals surface area (Å²) in [5.41, 5.74) is 2.58. The van der Waals surface area contributed by atoms with Gasteiger partial charge in [0.25, 0.3) is 0 Å². The van der Waals surface area contributed by atoms with Crippen LogP contribution in [0.15, 0.2) is 12.1 Å². The predicted octanol–water partition coefficient (Wildman–Crippen LogP) is 2.83. The van der Waals surface area contributed by atoms with Crippen molar-refractivity contribution in [1.29, 1.82) is 0 Å². The van der Waals surface area contributed by atoms with Gasteiger partial charge in [-0.3, -0.25) is 4.79 Å². The van der Waals surface area contributed by atoms with Crippen molar-refractivity contribution in [2.75, 3.05) is 18.0 Å². The molecule has 3 fully saturated rings. The molecule has 2 saturated heterocycles. The molecule has 1 aromatic heterocycles. The van der Waals surface area contributed by atoms with Crippen molar-refractivity contribution in [3.05, 3.63) is 23.4 Å². The van der Waals surface area contributed by atoms with Gasteiger partial charge in [-0.25, -0.2) is 4.98 Å². The second kappa shape index (κ2) is 6.22. The molecule has 140 valence electrons. The molecule has 5 rings (SSSR count). The van der Waals surface area contributed by atoms with E-state index in [1.165, 1.54) is 44.1 Å². The van der Waals surface area contributed by atoms with Crippen LogP contribution in [0, 0.1) is 5.41 Å². The van der Waals surface area contributed by atoms with Crippen LogP contribution in [0.3, 0.4) is 0 Å². The molecule has 4 heterocycles. The van der Waals surface area contributed by atoms with Crippen LogP contribution in [0.1, 0.15) is 63.1 Å². The minimum atomic E-state index is 0.227. The Bertz CT molecular complexity index is 696. The van der Waals surface area contributed by atoms with E-state index in [9.17, 15) is 4.79 Å². The SMILES string of the molecule is CC1(CC(=O)N2Cc3ccc(N4C5CCC4CNC5)nc3C2)CCCC1. The van der Waals surface area contributed by atoms with E-state index in [-0.39, 0.29) is 5.41 Å². The second-order valence-electron chi connectivity index (χ2n) is 9.17. The molecule has 0 aromatic carbocycles. The van der Waals surface area contributed by atoms with E-state index in [1.54, 1.807) is 0 Å². The first kappa shape index (κ1) is 16.5. The van der Waals surface area contributed by atoms with E-state index < -0.39 is 0 Å². The Kier molecular flexibility index (Phi) is 3.96. The zero-order valence-electron chi connectivity index (χ0n) is 15.8. The molecule has 5 nitrogen and oxygen atoms in total. The maximum atomic E-state index is 12.9. The normalized spacial score (nSPS) is 29.3. The second-order valence-corrected chi connectivity index (χ2v) is 9.17. The monoisotopic (exact) mass is 354 g/mol. The minimum absolute atomic E-state index is 0.227. The number of carbonyl (C=O) groups is 1. The number of hydrogen-bond donors (Lipinski definition) is 1. The van der Waals surface area contributed by atoms with Crippen LogP contribution in [0.4, 0.5) is 5.82 Å². The van der Waals surface area contributed by atoms with Gasteiger partial charge in [-0.05, 0) is 42.7 Å². The van der Waals surface area contributed by atoms with E-state index in [1.807, 2.05) is 4.90 Å². The molecule has 1 N–H and O–H groups in total. The number of hydrogen-bond acceptors (Lipinski definition) is 4. The number of nitrogens with zero attached hydrogens (tertiary/aromatic N) is 3. The lowest BCUT2D eigenvalue weighted by Gasteiger charge is -2.36. The van der Waals surface area contributed by atoms with E-state index in [0.29, 0.717) is 31.0 Å². The predicted molar refractivity (Wildman–Crippen MR) is 102 cm³/mol. The molecular formula is C21H30N4O. The van der Waals surface area contributed by atoms with Gasteiger partial charge < -0.3 is 15.1 Å². The highest BCUT2D eigenvalue weighted by atomic mass is 16.2. The summed E-state index contributed by atoms with van der Waals surface area (Å²) >= 11 is 0. The topological polar surface area (TPSA) is 48.5 Å². The van der Waals surface area contributed by atoms with E-state index in [2.05, 4.69) is 29.3 Å². The average Bonchev–Trinajstić information content (AvgIpc) is 3.30. The van der Waals surface area contributed by atoms with Crippen molar-refractivity contribution >= 4 is 11.7 Å². The summed E-state index contributed by atoms with van der Waals surface area (Å²) in [5.74, 6) is 1.44. The molecule has 4 aliphatic rings. The lowest BCUT2D eigenvalue weighted by atomic mass is 9.85. The number of rotatable bonds is 3. The van der Waals surface area contributed by atoms with Crippen LogP contribution in [-0.4, -0.2) is 41.0 Å². The lowest BCUT2D eigenvalue weighted by Crippen LogP contribution is -2.52. The van der Waals surface area contributed by atoms with Crippen LogP contribution in [0.5, 0.6) is 0 Å². The maximum Gasteiger partial charge on any atom is 0.223 e. The van der Waals surface area contributed by atoms with Crippen LogP contribution in [0.2, 0.25) is 0 Å². The third-order valence-corrected chi connectivity index (χ3v) is 7.14. The molecule has 1 aliphatic carbocycles. The smallest absolute Gasteiger partial charge is 0.223 e. The van der Waals surface area contributed by atoms with Crippen molar-refractivity contribution in [3.63, 3.8) is 0 Å². The zero-order chi connectivity index (χ0) is 17.7. The van der Waals surface area contributed by atoms with Crippen LogP contribution in [0.25, 0.3) is 0 Å². The lowest BCUT2D eigenvalue weighted by molar-refractivity contribution is -0.134. The van der Waals surface area contributed by atoms with Gasteiger partial charge in [0, 0.05) is 38.1 Å². The zero-order valence-corrected chi connectivity index (χ0v) is 15.8. The molecule has 2 bridgehead atoms. The molecule has 2 atom stereocenters. The summed E-state index contributed by atoms with van der Waals surface area (Å²) < 4.78 is 0. The van der Waals surface area contributed by atoms with Crippen LogP contribution in [-0.2, 0) is 17.9 Å². The average molecular weight is 354 g/mol. The van der Waals surface area contributed by atoms with E-state index >= 15 is 0 Å². The summed E-state index contributed by atoms with van der Waals surface area (Å²) in [6.45, 7) is 5.86. The van der Waals surface area contributed by atoms with Crippen molar-refractivity contribution in [2.45, 2.75) is 77.0 Å². The van der Waals surface area contributed by atoms with Gasteiger partial charge in [0.2, 0.25) is 5.91 Å². The van der Waals surface area contributed by atoms with Gasteiger partial charge in [-0.1, -0.05) is 25.8 Å². The number of aromatic nitrogens is 1. The number of amides is 1. The van der Waals surface area contributed by atoms with Crippen molar-refractivity contribution in [1.82, 2.24) is 15.2 Å². The number of fused-ring (bicyclic) bond motifs is 3. The molecule has 0 radical (unpaired) electrons. The first-order chi connectivity index (χ1) is 12.6. The number of pyridine rings is 1. The fraction of sp³-hybridized carbons (Fsp3) is 0.714. The molecule has 2 unspecified atom stereocenters. The summed E-state index contributed by atoms with van der Waals surface area (Å²) in [6.07, 6.45) is 8.19. The van der Waals surface area contributed by atoms with Gasteiger partial charge in [-0.15, -0.1) is 0 Å². The third kappa shape index (κ3) is 2.81. The summed E-state index contributed by atoms with van der Waals surface area (Å²) in [4.78, 5) is 22.4. The van der Waals surface area contributed by atoms with Gasteiger partial charge in [0.1, 0.15) is 5.82 Å². The van der Waals surface area contributed by atoms with Crippen LogP contribution >= 0.6 is 0 Å². The number of anilines is 1. The molecule has 3 aliphatic heterocycles. The fourth-order valence-corrected chi connectivity index (χ4v) is 5.60. The molecule has 5 heteroatoms. The molecule has 1 amide bonds. The molecule has 1 aromatic rings. The summed E-state index contributed by atoms with van der Waals surface area (Å²) in [6, 6.07) is 5.56. The van der Waals surface area contributed by atoms with Gasteiger partial charge in [-0.2, -0.15) is 0 Å². The van der Waals surface area contributed by atoms with Gasteiger partial charge >= 0.3 is 0 Å². The Hall–Kier alpha value is -1.62. The fourth-order valence-electron chi connectivity index (χ4n) is 5.60.